The summed E-state index contributed by atoms with van der Waals surface area (Å²) >= 11 is 0. The van der Waals surface area contributed by atoms with Crippen molar-refractivity contribution < 1.29 is 28.6 Å². The molecule has 0 aromatic carbocycles. The van der Waals surface area contributed by atoms with Crippen LogP contribution in [0.15, 0.2) is 36.5 Å². The zero-order chi connectivity index (χ0) is 58.5. The van der Waals surface area contributed by atoms with Gasteiger partial charge < -0.3 is 14.2 Å². The van der Waals surface area contributed by atoms with Gasteiger partial charge in [0, 0.05) is 19.3 Å². The molecule has 0 aliphatic heterocycles. The molecular weight excluding hydrogens is 997 g/mol. The van der Waals surface area contributed by atoms with Crippen LogP contribution < -0.4 is 0 Å². The second-order valence-electron chi connectivity index (χ2n) is 24.9. The molecule has 0 saturated carbocycles. The van der Waals surface area contributed by atoms with Gasteiger partial charge in [-0.3, -0.25) is 14.4 Å². The molecule has 0 heterocycles. The molecule has 0 aromatic rings. The molecule has 0 spiro atoms. The van der Waals surface area contributed by atoms with Crippen LogP contribution in [-0.4, -0.2) is 37.2 Å². The zero-order valence-corrected chi connectivity index (χ0v) is 54.8. The quantitative estimate of drug-likeness (QED) is 0.0261. The normalized spacial score (nSPS) is 12.2. The fourth-order valence-electron chi connectivity index (χ4n) is 11.2. The predicted molar refractivity (Wildman–Crippen MR) is 353 cm³/mol. The summed E-state index contributed by atoms with van der Waals surface area (Å²) in [5.41, 5.74) is 0. The lowest BCUT2D eigenvalue weighted by atomic mass is 10.0. The Hall–Kier alpha value is -2.37. The lowest BCUT2D eigenvalue weighted by Crippen LogP contribution is -2.30. The van der Waals surface area contributed by atoms with E-state index < -0.39 is 6.10 Å². The Bertz CT molecular complexity index is 1350. The maximum absolute atomic E-state index is 12.9. The van der Waals surface area contributed by atoms with Crippen LogP contribution in [0, 0.1) is 0 Å². The third kappa shape index (κ3) is 68.3. The first-order valence-electron chi connectivity index (χ1n) is 36.5. The number of allylic oxidation sites excluding steroid dienone is 6. The highest BCUT2D eigenvalue weighted by Gasteiger charge is 2.19. The van der Waals surface area contributed by atoms with Gasteiger partial charge in [-0.1, -0.05) is 365 Å². The van der Waals surface area contributed by atoms with E-state index in [0.29, 0.717) is 19.3 Å². The van der Waals surface area contributed by atoms with E-state index >= 15 is 0 Å². The van der Waals surface area contributed by atoms with Gasteiger partial charge in [0.25, 0.3) is 0 Å². The summed E-state index contributed by atoms with van der Waals surface area (Å²) < 4.78 is 16.9. The third-order valence-electron chi connectivity index (χ3n) is 16.6. The molecule has 0 rings (SSSR count). The second-order valence-corrected chi connectivity index (χ2v) is 24.9. The van der Waals surface area contributed by atoms with Crippen LogP contribution in [0.2, 0.25) is 0 Å². The minimum atomic E-state index is -0.776. The molecular formula is C75H140O6. The Morgan fingerprint density at radius 2 is 0.444 bits per heavy atom. The Morgan fingerprint density at radius 3 is 0.716 bits per heavy atom. The van der Waals surface area contributed by atoms with Crippen molar-refractivity contribution in [2.75, 3.05) is 13.2 Å². The van der Waals surface area contributed by atoms with Crippen molar-refractivity contribution in [2.45, 2.75) is 412 Å². The van der Waals surface area contributed by atoms with E-state index in [1.807, 2.05) is 0 Å². The first-order chi connectivity index (χ1) is 40.0. The van der Waals surface area contributed by atoms with Crippen molar-refractivity contribution in [1.29, 1.82) is 0 Å². The SMILES string of the molecule is CCCCC/C=C\C/C=C\C/C=C\CCCCCCCCC(=O)OC(COC(=O)CCCCCCCCCCC)COC(=O)CCCCCCCCCCCCCCCCCCCCCCCCCCCCCCCCCCCCC. The largest absolute Gasteiger partial charge is 0.462 e. The molecule has 0 aliphatic carbocycles. The number of carbonyl (C=O) groups excluding carboxylic acids is 3. The van der Waals surface area contributed by atoms with Crippen LogP contribution in [-0.2, 0) is 28.6 Å². The molecule has 476 valence electrons. The van der Waals surface area contributed by atoms with Crippen LogP contribution in [0.4, 0.5) is 0 Å². The topological polar surface area (TPSA) is 78.9 Å². The van der Waals surface area contributed by atoms with Gasteiger partial charge in [0.05, 0.1) is 0 Å². The molecule has 0 bridgehead atoms. The van der Waals surface area contributed by atoms with E-state index in [2.05, 4.69) is 57.2 Å². The molecule has 81 heavy (non-hydrogen) atoms. The Kier molecular flexibility index (Phi) is 68.1. The van der Waals surface area contributed by atoms with Gasteiger partial charge in [-0.25, -0.2) is 0 Å². The Balaban J connectivity index is 4.00. The van der Waals surface area contributed by atoms with E-state index in [-0.39, 0.29) is 31.1 Å². The lowest BCUT2D eigenvalue weighted by molar-refractivity contribution is -0.167. The number of esters is 3. The molecule has 0 amide bonds. The van der Waals surface area contributed by atoms with Crippen molar-refractivity contribution >= 4 is 17.9 Å². The van der Waals surface area contributed by atoms with Gasteiger partial charge >= 0.3 is 17.9 Å². The monoisotopic (exact) mass is 1140 g/mol. The summed E-state index contributed by atoms with van der Waals surface area (Å²) in [6.07, 6.45) is 87.9. The number of unbranched alkanes of at least 4 members (excludes halogenated alkanes) is 51. The number of hydrogen-bond acceptors (Lipinski definition) is 6. The standard InChI is InChI=1S/C75H140O6/c1-4-7-10-13-16-19-21-23-25-27-29-30-31-32-33-34-35-36-37-38-39-40-41-42-43-44-46-47-49-51-53-56-59-62-65-68-74(77)80-71-72(70-79-73(76)67-64-61-58-55-18-15-12-9-6-3)81-75(78)69-66-63-60-57-54-52-50-48-45-28-26-24-22-20-17-14-11-8-5-2/h17,20,24,26,45,48,72H,4-16,18-19,21-23,25,27-44,46-47,49-71H2,1-3H3/b20-17-,26-24-,48-45-. The smallest absolute Gasteiger partial charge is 0.306 e. The van der Waals surface area contributed by atoms with Crippen molar-refractivity contribution in [3.63, 3.8) is 0 Å². The lowest BCUT2D eigenvalue weighted by Gasteiger charge is -2.18. The van der Waals surface area contributed by atoms with Crippen LogP contribution in [0.25, 0.3) is 0 Å². The summed E-state index contributed by atoms with van der Waals surface area (Å²) in [4.78, 5) is 38.2. The van der Waals surface area contributed by atoms with E-state index in [1.54, 1.807) is 0 Å². The fraction of sp³-hybridized carbons (Fsp3) is 0.880. The average Bonchev–Trinajstić information content (AvgIpc) is 3.47. The van der Waals surface area contributed by atoms with Gasteiger partial charge in [-0.05, 0) is 57.8 Å². The van der Waals surface area contributed by atoms with Gasteiger partial charge in [-0.2, -0.15) is 0 Å². The van der Waals surface area contributed by atoms with Gasteiger partial charge in [-0.15, -0.1) is 0 Å². The zero-order valence-electron chi connectivity index (χ0n) is 54.8. The summed E-state index contributed by atoms with van der Waals surface area (Å²) in [5.74, 6) is -0.863. The molecule has 0 fully saturated rings. The molecule has 0 N–H and O–H groups in total. The van der Waals surface area contributed by atoms with Crippen molar-refractivity contribution in [3.05, 3.63) is 36.5 Å². The minimum absolute atomic E-state index is 0.0726. The molecule has 6 nitrogen and oxygen atoms in total. The minimum Gasteiger partial charge on any atom is -0.462 e. The highest BCUT2D eigenvalue weighted by atomic mass is 16.6. The summed E-state index contributed by atoms with van der Waals surface area (Å²) in [6.45, 7) is 6.65. The Morgan fingerprint density at radius 1 is 0.247 bits per heavy atom. The maximum Gasteiger partial charge on any atom is 0.306 e. The van der Waals surface area contributed by atoms with Gasteiger partial charge in [0.1, 0.15) is 13.2 Å². The molecule has 0 saturated heterocycles. The maximum atomic E-state index is 12.9. The first kappa shape index (κ1) is 78.6. The fourth-order valence-corrected chi connectivity index (χ4v) is 11.2. The van der Waals surface area contributed by atoms with Crippen LogP contribution >= 0.6 is 0 Å². The molecule has 0 aliphatic rings. The second kappa shape index (κ2) is 70.1. The van der Waals surface area contributed by atoms with Gasteiger partial charge in [0.15, 0.2) is 6.10 Å². The first-order valence-corrected chi connectivity index (χ1v) is 36.5. The number of rotatable bonds is 68. The summed E-state index contributed by atoms with van der Waals surface area (Å²) in [7, 11) is 0. The van der Waals surface area contributed by atoms with E-state index in [0.717, 1.165) is 77.0 Å². The highest BCUT2D eigenvalue weighted by molar-refractivity contribution is 5.71. The molecule has 0 aromatic heterocycles. The molecule has 6 heteroatoms. The number of carbonyl (C=O) groups is 3. The van der Waals surface area contributed by atoms with Crippen LogP contribution in [0.5, 0.6) is 0 Å². The predicted octanol–water partition coefficient (Wildman–Crippen LogP) is 25.1. The van der Waals surface area contributed by atoms with Crippen LogP contribution in [0.3, 0.4) is 0 Å². The third-order valence-corrected chi connectivity index (χ3v) is 16.6. The van der Waals surface area contributed by atoms with E-state index in [9.17, 15) is 14.4 Å². The number of ether oxygens (including phenoxy) is 3. The van der Waals surface area contributed by atoms with E-state index in [4.69, 9.17) is 14.2 Å². The van der Waals surface area contributed by atoms with Crippen molar-refractivity contribution in [3.8, 4) is 0 Å². The van der Waals surface area contributed by atoms with Gasteiger partial charge in [0.2, 0.25) is 0 Å². The Labute approximate surface area is 506 Å². The summed E-state index contributed by atoms with van der Waals surface area (Å²) in [5, 5.41) is 0. The number of hydrogen-bond donors (Lipinski definition) is 0. The van der Waals surface area contributed by atoms with Crippen LogP contribution in [0.1, 0.15) is 406 Å². The average molecular weight is 1140 g/mol. The van der Waals surface area contributed by atoms with Crippen molar-refractivity contribution in [1.82, 2.24) is 0 Å². The van der Waals surface area contributed by atoms with Crippen molar-refractivity contribution in [2.24, 2.45) is 0 Å². The highest BCUT2D eigenvalue weighted by Crippen LogP contribution is 2.19. The van der Waals surface area contributed by atoms with E-state index in [1.165, 1.54) is 289 Å². The molecule has 0 radical (unpaired) electrons. The summed E-state index contributed by atoms with van der Waals surface area (Å²) in [6, 6.07) is 0. The molecule has 1 unspecified atom stereocenters. The molecule has 1 atom stereocenters.